The van der Waals surface area contributed by atoms with Crippen molar-refractivity contribution in [2.75, 3.05) is 49.3 Å². The molecule has 10 nitrogen and oxygen atoms in total. The van der Waals surface area contributed by atoms with Gasteiger partial charge in [-0.1, -0.05) is 12.1 Å². The number of thiazole rings is 1. The number of hydrogen-bond donors (Lipinski definition) is 2. The zero-order valence-corrected chi connectivity index (χ0v) is 18.6. The van der Waals surface area contributed by atoms with Gasteiger partial charge in [-0.25, -0.2) is 14.8 Å². The molecule has 0 bridgehead atoms. The van der Waals surface area contributed by atoms with E-state index in [1.54, 1.807) is 10.6 Å². The van der Waals surface area contributed by atoms with Crippen LogP contribution in [0.5, 0.6) is 0 Å². The minimum absolute atomic E-state index is 0.0549. The highest BCUT2D eigenvalue weighted by Crippen LogP contribution is 2.28. The van der Waals surface area contributed by atoms with Gasteiger partial charge in [-0.2, -0.15) is 4.98 Å². The van der Waals surface area contributed by atoms with Gasteiger partial charge in [-0.05, 0) is 24.6 Å². The van der Waals surface area contributed by atoms with E-state index in [2.05, 4.69) is 32.1 Å². The number of nitrogens with two attached hydrogens (primary N) is 1. The first-order valence-corrected chi connectivity index (χ1v) is 10.9. The lowest BCUT2D eigenvalue weighted by atomic mass is 10.2. The Morgan fingerprint density at radius 3 is 2.77 bits per heavy atom. The van der Waals surface area contributed by atoms with Crippen LogP contribution in [0.4, 0.5) is 22.2 Å². The zero-order valence-electron chi connectivity index (χ0n) is 17.8. The van der Waals surface area contributed by atoms with Gasteiger partial charge in [0.25, 0.3) is 0 Å². The molecule has 1 amide bonds. The van der Waals surface area contributed by atoms with E-state index in [0.717, 1.165) is 27.4 Å². The molecule has 3 aromatic rings. The van der Waals surface area contributed by atoms with Crippen LogP contribution in [0.15, 0.2) is 29.8 Å². The highest BCUT2D eigenvalue weighted by Gasteiger charge is 2.29. The second kappa shape index (κ2) is 8.90. The summed E-state index contributed by atoms with van der Waals surface area (Å²) in [4.78, 5) is 35.7. The maximum atomic E-state index is 12.3. The van der Waals surface area contributed by atoms with Crippen LogP contribution in [0.3, 0.4) is 0 Å². The lowest BCUT2D eigenvalue weighted by molar-refractivity contribution is -0.109. The molecule has 164 valence electrons. The number of nitrogens with one attached hydrogen (secondary N) is 1. The number of hydrogen-bond acceptors (Lipinski definition) is 10. The first-order valence-electron chi connectivity index (χ1n) is 10.0. The number of amides is 1. The fraction of sp³-hybridized carbons (Fsp3) is 0.400. The summed E-state index contributed by atoms with van der Waals surface area (Å²) in [5.74, 6) is 0.956. The van der Waals surface area contributed by atoms with Crippen molar-refractivity contribution in [2.45, 2.75) is 19.5 Å². The first kappa shape index (κ1) is 21.1. The average Bonchev–Trinajstić information content (AvgIpc) is 3.20. The normalized spacial score (nSPS) is 17.0. The summed E-state index contributed by atoms with van der Waals surface area (Å²) < 4.78 is 0. The predicted octanol–water partition coefficient (Wildman–Crippen LogP) is 2.09. The lowest BCUT2D eigenvalue weighted by Gasteiger charge is -2.39. The first-order chi connectivity index (χ1) is 14.9. The predicted molar refractivity (Wildman–Crippen MR) is 122 cm³/mol. The molecule has 0 radical (unpaired) electrons. The van der Waals surface area contributed by atoms with Crippen molar-refractivity contribution in [1.29, 1.82) is 0 Å². The fourth-order valence-electron chi connectivity index (χ4n) is 3.52. The maximum absolute atomic E-state index is 12.3. The van der Waals surface area contributed by atoms with Gasteiger partial charge in [-0.15, -0.1) is 16.4 Å². The molecule has 3 N–H and O–H groups in total. The van der Waals surface area contributed by atoms with Crippen LogP contribution >= 0.6 is 11.3 Å². The van der Waals surface area contributed by atoms with E-state index in [4.69, 9.17) is 10.6 Å². The largest absolute Gasteiger partial charge is 0.426 e. The van der Waals surface area contributed by atoms with E-state index >= 15 is 0 Å². The highest BCUT2D eigenvalue weighted by atomic mass is 32.1. The van der Waals surface area contributed by atoms with E-state index in [9.17, 15) is 4.79 Å². The number of hydroxylamine groups is 2. The van der Waals surface area contributed by atoms with Gasteiger partial charge in [0.2, 0.25) is 5.95 Å². The molecule has 3 heterocycles. The molecule has 0 saturated carbocycles. The Morgan fingerprint density at radius 1 is 1.29 bits per heavy atom. The Kier molecular flexibility index (Phi) is 6.05. The monoisotopic (exact) mass is 442 g/mol. The fourth-order valence-corrected chi connectivity index (χ4v) is 4.18. The van der Waals surface area contributed by atoms with Crippen molar-refractivity contribution in [1.82, 2.24) is 25.3 Å². The SMILES string of the molecule is C[C@H]1CN(OC(=O)NCc2ccc(N(C)C)cc2)CCN1c1nc(N)nc2scnc12. The van der Waals surface area contributed by atoms with Gasteiger partial charge < -0.3 is 25.7 Å². The van der Waals surface area contributed by atoms with Crippen LogP contribution in [-0.4, -0.2) is 65.9 Å². The van der Waals surface area contributed by atoms with Crippen molar-refractivity contribution in [3.8, 4) is 0 Å². The minimum Gasteiger partial charge on any atom is -0.378 e. The maximum Gasteiger partial charge on any atom is 0.426 e. The Morgan fingerprint density at radius 2 is 2.06 bits per heavy atom. The van der Waals surface area contributed by atoms with Gasteiger partial charge in [0.15, 0.2) is 10.6 Å². The second-order valence-electron chi connectivity index (χ2n) is 7.64. The summed E-state index contributed by atoms with van der Waals surface area (Å²) in [7, 11) is 3.98. The molecule has 1 aromatic carbocycles. The van der Waals surface area contributed by atoms with E-state index in [1.807, 2.05) is 43.3 Å². The Hall–Kier alpha value is -3.18. The molecule has 0 aliphatic carbocycles. The van der Waals surface area contributed by atoms with Gasteiger partial charge in [0.1, 0.15) is 5.52 Å². The highest BCUT2D eigenvalue weighted by molar-refractivity contribution is 7.16. The van der Waals surface area contributed by atoms with E-state index < -0.39 is 6.09 Å². The summed E-state index contributed by atoms with van der Waals surface area (Å²) in [6.45, 7) is 4.18. The van der Waals surface area contributed by atoms with Crippen molar-refractivity contribution in [3.63, 3.8) is 0 Å². The molecule has 1 fully saturated rings. The van der Waals surface area contributed by atoms with Gasteiger partial charge in [-0.3, -0.25) is 0 Å². The molecule has 1 atom stereocenters. The number of piperazine rings is 1. The van der Waals surface area contributed by atoms with Crippen LogP contribution in [0.1, 0.15) is 12.5 Å². The minimum atomic E-state index is -0.467. The number of nitrogen functional groups attached to an aromatic ring is 1. The second-order valence-corrected chi connectivity index (χ2v) is 8.47. The zero-order chi connectivity index (χ0) is 22.0. The molecule has 0 unspecified atom stereocenters. The van der Waals surface area contributed by atoms with Crippen molar-refractivity contribution >= 4 is 45.2 Å². The standard InChI is InChI=1S/C20H26N8O2S/c1-13-11-27(30-20(29)22-10-14-4-6-15(7-5-14)26(2)3)8-9-28(13)17-16-18(31-12-23-16)25-19(21)24-17/h4-7,12-13H,8-11H2,1-3H3,(H,22,29)(H2,21,24,25)/t13-/m0/s1. The number of fused-ring (bicyclic) bond motifs is 1. The molecular weight excluding hydrogens is 416 g/mol. The number of carbonyl (C=O) groups excluding carboxylic acids is 1. The number of carbonyl (C=O) groups is 1. The van der Waals surface area contributed by atoms with E-state index in [1.165, 1.54) is 11.3 Å². The molecule has 4 rings (SSSR count). The van der Waals surface area contributed by atoms with Crippen LogP contribution in [-0.2, 0) is 11.4 Å². The molecule has 31 heavy (non-hydrogen) atoms. The number of benzene rings is 1. The molecule has 1 aliphatic heterocycles. The average molecular weight is 443 g/mol. The number of aromatic nitrogens is 3. The van der Waals surface area contributed by atoms with E-state index in [-0.39, 0.29) is 12.0 Å². The van der Waals surface area contributed by atoms with E-state index in [0.29, 0.717) is 26.2 Å². The smallest absolute Gasteiger partial charge is 0.378 e. The third-order valence-electron chi connectivity index (χ3n) is 5.16. The molecule has 1 aliphatic rings. The topological polar surface area (TPSA) is 113 Å². The molecule has 2 aromatic heterocycles. The Balaban J connectivity index is 1.31. The molecule has 11 heteroatoms. The quantitative estimate of drug-likeness (QED) is 0.613. The van der Waals surface area contributed by atoms with Crippen LogP contribution in [0, 0.1) is 0 Å². The van der Waals surface area contributed by atoms with Crippen LogP contribution in [0.25, 0.3) is 10.3 Å². The van der Waals surface area contributed by atoms with Gasteiger partial charge in [0, 0.05) is 38.9 Å². The number of nitrogens with zero attached hydrogens (tertiary/aromatic N) is 6. The number of rotatable bonds is 5. The summed E-state index contributed by atoms with van der Waals surface area (Å²) in [5.41, 5.74) is 10.5. The molecular formula is C20H26N8O2S. The van der Waals surface area contributed by atoms with Crippen molar-refractivity contribution in [3.05, 3.63) is 35.3 Å². The Bertz CT molecular complexity index is 1060. The molecule has 0 spiro atoms. The summed E-state index contributed by atoms with van der Waals surface area (Å²) >= 11 is 1.44. The van der Waals surface area contributed by atoms with Crippen molar-refractivity contribution in [2.24, 2.45) is 0 Å². The van der Waals surface area contributed by atoms with Gasteiger partial charge in [0.05, 0.1) is 18.6 Å². The third-order valence-corrected chi connectivity index (χ3v) is 5.88. The van der Waals surface area contributed by atoms with Crippen LogP contribution in [0.2, 0.25) is 0 Å². The van der Waals surface area contributed by atoms with Crippen LogP contribution < -0.4 is 20.9 Å². The lowest BCUT2D eigenvalue weighted by Crippen LogP contribution is -2.53. The van der Waals surface area contributed by atoms with Gasteiger partial charge >= 0.3 is 6.09 Å². The third kappa shape index (κ3) is 4.78. The Labute approximate surface area is 184 Å². The summed E-state index contributed by atoms with van der Waals surface area (Å²) in [6, 6.07) is 8.07. The molecule has 1 saturated heterocycles. The summed E-state index contributed by atoms with van der Waals surface area (Å²) in [6.07, 6.45) is -0.467. The summed E-state index contributed by atoms with van der Waals surface area (Å²) in [5, 5.41) is 4.48. The van der Waals surface area contributed by atoms with Crippen molar-refractivity contribution < 1.29 is 9.63 Å². The number of anilines is 3.